The van der Waals surface area contributed by atoms with Crippen LogP contribution in [0.1, 0.15) is 34.8 Å². The van der Waals surface area contributed by atoms with Crippen LogP contribution in [-0.4, -0.2) is 44.4 Å². The van der Waals surface area contributed by atoms with Crippen LogP contribution in [0.2, 0.25) is 0 Å². The summed E-state index contributed by atoms with van der Waals surface area (Å²) in [5, 5.41) is 27.3. The number of carboxylic acid groups (broad SMARTS) is 1. The molecule has 3 aromatic rings. The fraction of sp³-hybridized carbons (Fsp3) is 0.280. The van der Waals surface area contributed by atoms with Gasteiger partial charge in [-0.2, -0.15) is 10.4 Å². The number of benzene rings is 2. The third-order valence-corrected chi connectivity index (χ3v) is 6.31. The van der Waals surface area contributed by atoms with Crippen LogP contribution in [0.25, 0.3) is 0 Å². The molecule has 4 rings (SSSR count). The maximum absolute atomic E-state index is 13.3. The third-order valence-electron chi connectivity index (χ3n) is 6.31. The van der Waals surface area contributed by atoms with Crippen molar-refractivity contribution in [1.82, 2.24) is 14.7 Å². The number of halogens is 1. The summed E-state index contributed by atoms with van der Waals surface area (Å²) in [6, 6.07) is 16.5. The Balaban J connectivity index is 1.62. The summed E-state index contributed by atoms with van der Waals surface area (Å²) in [5.41, 5.74) is 7.24. The van der Waals surface area contributed by atoms with Gasteiger partial charge in [0.15, 0.2) is 5.82 Å². The largest absolute Gasteiger partial charge is 0.465 e. The van der Waals surface area contributed by atoms with Crippen molar-refractivity contribution in [3.8, 4) is 6.07 Å². The highest BCUT2D eigenvalue weighted by atomic mass is 19.1. The molecule has 2 heterocycles. The zero-order valence-corrected chi connectivity index (χ0v) is 18.8. The monoisotopic (exact) mass is 476 g/mol. The number of amides is 2. The van der Waals surface area contributed by atoms with Crippen molar-refractivity contribution in [2.75, 3.05) is 11.9 Å². The highest BCUT2D eigenvalue weighted by Crippen LogP contribution is 2.36. The molecule has 1 aliphatic rings. The van der Waals surface area contributed by atoms with E-state index in [0.717, 1.165) is 5.56 Å². The molecule has 10 heteroatoms. The van der Waals surface area contributed by atoms with E-state index in [-0.39, 0.29) is 17.9 Å². The number of nitriles is 1. The second kappa shape index (κ2) is 10.3. The minimum atomic E-state index is -1.07. The van der Waals surface area contributed by atoms with Gasteiger partial charge >= 0.3 is 6.09 Å². The van der Waals surface area contributed by atoms with Crippen LogP contribution in [0.5, 0.6) is 0 Å². The topological polar surface area (TPSA) is 137 Å². The van der Waals surface area contributed by atoms with Crippen LogP contribution < -0.4 is 11.1 Å². The van der Waals surface area contributed by atoms with E-state index in [1.165, 1.54) is 40.0 Å². The Kier molecular flexibility index (Phi) is 6.96. The van der Waals surface area contributed by atoms with E-state index in [9.17, 15) is 24.3 Å². The predicted octanol–water partition coefficient (Wildman–Crippen LogP) is 3.93. The van der Waals surface area contributed by atoms with Crippen LogP contribution in [0.15, 0.2) is 60.8 Å². The lowest BCUT2D eigenvalue weighted by Gasteiger charge is -2.41. The number of nitrogens with one attached hydrogen (secondary N) is 1. The smallest absolute Gasteiger partial charge is 0.407 e. The summed E-state index contributed by atoms with van der Waals surface area (Å²) >= 11 is 0. The summed E-state index contributed by atoms with van der Waals surface area (Å²) in [6.45, 7) is 0.226. The fourth-order valence-electron chi connectivity index (χ4n) is 4.57. The Hall–Kier alpha value is -4.39. The highest BCUT2D eigenvalue weighted by Gasteiger charge is 2.42. The average Bonchev–Trinajstić information content (AvgIpc) is 3.28. The average molecular weight is 477 g/mol. The number of primary amides is 1. The lowest BCUT2D eigenvalue weighted by atomic mass is 9.83. The Morgan fingerprint density at radius 2 is 1.91 bits per heavy atom. The lowest BCUT2D eigenvalue weighted by Crippen LogP contribution is -2.51. The quantitative estimate of drug-likeness (QED) is 0.472. The molecular weight excluding hydrogens is 451 g/mol. The van der Waals surface area contributed by atoms with Crippen molar-refractivity contribution in [3.63, 3.8) is 0 Å². The number of hydrogen-bond donors (Lipinski definition) is 3. The summed E-state index contributed by atoms with van der Waals surface area (Å²) in [5.74, 6) is -1.62. The number of hydrogen-bond acceptors (Lipinski definition) is 5. The minimum absolute atomic E-state index is 0.118. The molecule has 0 aliphatic carbocycles. The summed E-state index contributed by atoms with van der Waals surface area (Å²) in [7, 11) is 0. The number of nitrogens with zero attached hydrogens (tertiary/aromatic N) is 4. The second-order valence-electron chi connectivity index (χ2n) is 8.45. The number of anilines is 2. The van der Waals surface area contributed by atoms with Crippen LogP contribution >= 0.6 is 0 Å². The van der Waals surface area contributed by atoms with E-state index in [1.54, 1.807) is 0 Å². The summed E-state index contributed by atoms with van der Waals surface area (Å²) < 4.78 is 14.8. The molecule has 0 bridgehead atoms. The van der Waals surface area contributed by atoms with Crippen molar-refractivity contribution in [2.24, 2.45) is 11.7 Å². The van der Waals surface area contributed by atoms with Gasteiger partial charge in [0.2, 0.25) is 0 Å². The van der Waals surface area contributed by atoms with Gasteiger partial charge in [0.25, 0.3) is 5.91 Å². The Morgan fingerprint density at radius 3 is 2.54 bits per heavy atom. The molecule has 0 spiro atoms. The molecule has 1 unspecified atom stereocenters. The number of carbonyl (C=O) groups is 2. The van der Waals surface area contributed by atoms with E-state index in [4.69, 9.17) is 5.73 Å². The van der Waals surface area contributed by atoms with E-state index >= 15 is 0 Å². The van der Waals surface area contributed by atoms with Gasteiger partial charge in [0, 0.05) is 18.4 Å². The van der Waals surface area contributed by atoms with E-state index < -0.39 is 35.8 Å². The maximum atomic E-state index is 13.3. The molecule has 180 valence electrons. The van der Waals surface area contributed by atoms with Gasteiger partial charge < -0.3 is 21.1 Å². The standard InChI is InChI=1S/C25H25FN6O3/c26-17-7-9-18(10-8-17)29-24-20(23(28)33)15-32(30-24)22-12-13-31(25(34)35)21(19(22)14-27)11-6-16-4-2-1-3-5-16/h1-5,7-10,15,19,21-22H,6,11-13H2,(H2,28,33)(H,29,30)(H,34,35)/t19-,21?,22+/m0/s1. The van der Waals surface area contributed by atoms with Crippen molar-refractivity contribution >= 4 is 23.5 Å². The molecule has 3 atom stereocenters. The Labute approximate surface area is 201 Å². The molecule has 2 aromatic carbocycles. The van der Waals surface area contributed by atoms with Gasteiger partial charge in [-0.3, -0.25) is 9.48 Å². The molecule has 2 amide bonds. The van der Waals surface area contributed by atoms with Crippen molar-refractivity contribution in [1.29, 1.82) is 5.26 Å². The number of rotatable bonds is 7. The van der Waals surface area contributed by atoms with Crippen molar-refractivity contribution in [2.45, 2.75) is 31.3 Å². The number of carbonyl (C=O) groups excluding carboxylic acids is 1. The van der Waals surface area contributed by atoms with Gasteiger partial charge in [0.05, 0.1) is 24.1 Å². The first-order valence-electron chi connectivity index (χ1n) is 11.2. The Morgan fingerprint density at radius 1 is 1.20 bits per heavy atom. The molecule has 35 heavy (non-hydrogen) atoms. The van der Waals surface area contributed by atoms with E-state index in [2.05, 4.69) is 16.5 Å². The Bertz CT molecular complexity index is 1240. The molecule has 0 radical (unpaired) electrons. The molecule has 1 fully saturated rings. The van der Waals surface area contributed by atoms with Crippen LogP contribution in [-0.2, 0) is 6.42 Å². The molecule has 9 nitrogen and oxygen atoms in total. The predicted molar refractivity (Wildman–Crippen MR) is 126 cm³/mol. The molecule has 0 saturated carbocycles. The third kappa shape index (κ3) is 5.24. The zero-order chi connectivity index (χ0) is 24.9. The molecule has 4 N–H and O–H groups in total. The summed E-state index contributed by atoms with van der Waals surface area (Å²) in [6.07, 6.45) is 1.84. The zero-order valence-electron chi connectivity index (χ0n) is 18.8. The van der Waals surface area contributed by atoms with Crippen LogP contribution in [0.3, 0.4) is 0 Å². The number of likely N-dealkylation sites (tertiary alicyclic amines) is 1. The van der Waals surface area contributed by atoms with Crippen LogP contribution in [0.4, 0.5) is 20.7 Å². The molecule has 1 saturated heterocycles. The lowest BCUT2D eigenvalue weighted by molar-refractivity contribution is 0.0633. The van der Waals surface area contributed by atoms with E-state index in [1.807, 2.05) is 30.3 Å². The first kappa shape index (κ1) is 23.8. The normalized spacial score (nSPS) is 19.7. The number of piperidine rings is 1. The van der Waals surface area contributed by atoms with Gasteiger partial charge in [-0.05, 0) is 49.1 Å². The summed E-state index contributed by atoms with van der Waals surface area (Å²) in [4.78, 5) is 25.4. The SMILES string of the molecule is N#C[C@H]1C(CCc2ccccc2)N(C(=O)O)CC[C@H]1n1cc(C(N)=O)c(Nc2ccc(F)cc2)n1. The minimum Gasteiger partial charge on any atom is -0.465 e. The second-order valence-corrected chi connectivity index (χ2v) is 8.45. The molecular formula is C25H25FN6O3. The van der Waals surface area contributed by atoms with Gasteiger partial charge in [-0.15, -0.1) is 0 Å². The number of nitrogens with two attached hydrogens (primary N) is 1. The molecule has 1 aromatic heterocycles. The highest BCUT2D eigenvalue weighted by molar-refractivity contribution is 5.98. The number of aryl methyl sites for hydroxylation is 1. The van der Waals surface area contributed by atoms with E-state index in [0.29, 0.717) is 24.9 Å². The van der Waals surface area contributed by atoms with Gasteiger partial charge in [-0.25, -0.2) is 9.18 Å². The first-order valence-corrected chi connectivity index (χ1v) is 11.2. The fourth-order valence-corrected chi connectivity index (χ4v) is 4.57. The van der Waals surface area contributed by atoms with Gasteiger partial charge in [-0.1, -0.05) is 30.3 Å². The maximum Gasteiger partial charge on any atom is 0.407 e. The molecule has 1 aliphatic heterocycles. The van der Waals surface area contributed by atoms with Crippen LogP contribution in [0, 0.1) is 23.1 Å². The number of aromatic nitrogens is 2. The van der Waals surface area contributed by atoms with Gasteiger partial charge in [0.1, 0.15) is 11.4 Å². The van der Waals surface area contributed by atoms with Crippen molar-refractivity contribution in [3.05, 3.63) is 77.7 Å². The first-order chi connectivity index (χ1) is 16.9. The van der Waals surface area contributed by atoms with Crippen molar-refractivity contribution < 1.29 is 19.1 Å².